The average molecular weight is 378 g/mol. The number of benzene rings is 1. The molecule has 0 spiro atoms. The van der Waals surface area contributed by atoms with Crippen LogP contribution in [0.5, 0.6) is 0 Å². The highest BCUT2D eigenvalue weighted by Gasteiger charge is 2.61. The SMILES string of the molecule is C[C@H]1C(=O)N[C@H](O[Si](C)(C)C(C)(C)C)[C@@]1(C)[Si](C)(C)c1ccccc1. The summed E-state index contributed by atoms with van der Waals surface area (Å²) in [7, 11) is -3.97. The monoisotopic (exact) mass is 377 g/mol. The molecule has 1 amide bonds. The first-order chi connectivity index (χ1) is 11.2. The van der Waals surface area contributed by atoms with Gasteiger partial charge in [-0.3, -0.25) is 4.79 Å². The summed E-state index contributed by atoms with van der Waals surface area (Å²) in [5, 5.41) is 4.51. The Labute approximate surface area is 155 Å². The van der Waals surface area contributed by atoms with Gasteiger partial charge in [0, 0.05) is 11.0 Å². The van der Waals surface area contributed by atoms with Crippen molar-refractivity contribution in [3.8, 4) is 0 Å². The molecule has 0 radical (unpaired) electrons. The van der Waals surface area contributed by atoms with Crippen LogP contribution in [0.2, 0.25) is 36.3 Å². The fourth-order valence-electron chi connectivity index (χ4n) is 3.56. The van der Waals surface area contributed by atoms with Crippen molar-refractivity contribution in [1.82, 2.24) is 5.32 Å². The summed E-state index contributed by atoms with van der Waals surface area (Å²) < 4.78 is 6.77. The maximum atomic E-state index is 12.7. The molecule has 140 valence electrons. The van der Waals surface area contributed by atoms with Crippen molar-refractivity contribution in [2.75, 3.05) is 0 Å². The molecule has 25 heavy (non-hydrogen) atoms. The Morgan fingerprint density at radius 2 is 1.60 bits per heavy atom. The smallest absolute Gasteiger partial charge is 0.225 e. The third-order valence-corrected chi connectivity index (χ3v) is 16.8. The number of carbonyl (C=O) groups is 1. The zero-order valence-corrected chi connectivity index (χ0v) is 19.4. The molecule has 5 heteroatoms. The summed E-state index contributed by atoms with van der Waals surface area (Å²) in [6, 6.07) is 10.7. The summed E-state index contributed by atoms with van der Waals surface area (Å²) >= 11 is 0. The molecular formula is C20H35NO2Si2. The van der Waals surface area contributed by atoms with Crippen molar-refractivity contribution >= 4 is 27.5 Å². The lowest BCUT2D eigenvalue weighted by atomic mass is 9.97. The van der Waals surface area contributed by atoms with Crippen LogP contribution in [-0.4, -0.2) is 28.5 Å². The van der Waals surface area contributed by atoms with Crippen molar-refractivity contribution in [2.24, 2.45) is 5.92 Å². The van der Waals surface area contributed by atoms with Crippen LogP contribution in [0.4, 0.5) is 0 Å². The number of carbonyl (C=O) groups excluding carboxylic acids is 1. The molecule has 1 saturated heterocycles. The zero-order chi connectivity index (χ0) is 19.3. The Morgan fingerprint density at radius 3 is 2.08 bits per heavy atom. The number of nitrogens with one attached hydrogen (secondary N) is 1. The second-order valence-electron chi connectivity index (χ2n) is 9.76. The van der Waals surface area contributed by atoms with Crippen molar-refractivity contribution in [3.05, 3.63) is 30.3 Å². The number of rotatable bonds is 4. The van der Waals surface area contributed by atoms with Crippen molar-refractivity contribution < 1.29 is 9.22 Å². The normalized spacial score (nSPS) is 28.1. The summed E-state index contributed by atoms with van der Waals surface area (Å²) in [5.74, 6) is 0.0758. The predicted octanol–water partition coefficient (Wildman–Crippen LogP) is 4.48. The summed E-state index contributed by atoms with van der Waals surface area (Å²) in [6.45, 7) is 20.4. The van der Waals surface area contributed by atoms with Gasteiger partial charge in [-0.05, 0) is 18.1 Å². The third kappa shape index (κ3) is 3.26. The van der Waals surface area contributed by atoms with E-state index in [1.807, 2.05) is 0 Å². The molecular weight excluding hydrogens is 342 g/mol. The van der Waals surface area contributed by atoms with Gasteiger partial charge in [-0.2, -0.15) is 0 Å². The first kappa shape index (κ1) is 20.4. The number of hydrogen-bond donors (Lipinski definition) is 1. The Kier molecular flexibility index (Phi) is 5.19. The van der Waals surface area contributed by atoms with Crippen LogP contribution in [0.15, 0.2) is 30.3 Å². The largest absolute Gasteiger partial charge is 0.397 e. The van der Waals surface area contributed by atoms with Gasteiger partial charge in [-0.1, -0.05) is 83.2 Å². The number of hydrogen-bond acceptors (Lipinski definition) is 2. The van der Waals surface area contributed by atoms with Crippen molar-refractivity contribution in [1.29, 1.82) is 0 Å². The van der Waals surface area contributed by atoms with Gasteiger partial charge in [0.15, 0.2) is 8.32 Å². The molecule has 0 bridgehead atoms. The molecule has 2 rings (SSSR count). The van der Waals surface area contributed by atoms with Crippen LogP contribution in [-0.2, 0) is 9.22 Å². The van der Waals surface area contributed by atoms with Gasteiger partial charge >= 0.3 is 0 Å². The van der Waals surface area contributed by atoms with Crippen molar-refractivity contribution in [3.63, 3.8) is 0 Å². The molecule has 1 aromatic rings. The second-order valence-corrected chi connectivity index (χ2v) is 19.4. The van der Waals surface area contributed by atoms with Gasteiger partial charge in [-0.15, -0.1) is 0 Å². The Bertz CT molecular complexity index is 637. The fraction of sp³-hybridized carbons (Fsp3) is 0.650. The van der Waals surface area contributed by atoms with Crippen LogP contribution in [0.1, 0.15) is 34.6 Å². The zero-order valence-electron chi connectivity index (χ0n) is 17.4. The van der Waals surface area contributed by atoms with Gasteiger partial charge in [-0.25, -0.2) is 0 Å². The lowest BCUT2D eigenvalue weighted by Gasteiger charge is -2.49. The lowest BCUT2D eigenvalue weighted by molar-refractivity contribution is -0.122. The summed E-state index contributed by atoms with van der Waals surface area (Å²) in [6.07, 6.45) is -0.210. The molecule has 3 nitrogen and oxygen atoms in total. The highest BCUT2D eigenvalue weighted by atomic mass is 28.4. The molecule has 1 N–H and O–H groups in total. The van der Waals surface area contributed by atoms with E-state index >= 15 is 0 Å². The van der Waals surface area contributed by atoms with Crippen LogP contribution < -0.4 is 10.5 Å². The first-order valence-corrected chi connectivity index (χ1v) is 15.2. The van der Waals surface area contributed by atoms with E-state index < -0.39 is 16.4 Å². The maximum Gasteiger partial charge on any atom is 0.225 e. The fourth-order valence-corrected chi connectivity index (χ4v) is 8.57. The maximum absolute atomic E-state index is 12.7. The van der Waals surface area contributed by atoms with Gasteiger partial charge in [0.1, 0.15) is 6.23 Å². The topological polar surface area (TPSA) is 38.3 Å². The second kappa shape index (κ2) is 6.36. The van der Waals surface area contributed by atoms with Gasteiger partial charge in [0.2, 0.25) is 5.91 Å². The Morgan fingerprint density at radius 1 is 1.08 bits per heavy atom. The van der Waals surface area contributed by atoms with Gasteiger partial charge in [0.25, 0.3) is 0 Å². The van der Waals surface area contributed by atoms with Crippen LogP contribution in [0.25, 0.3) is 0 Å². The Hall–Kier alpha value is -0.916. The van der Waals surface area contributed by atoms with E-state index in [-0.39, 0.29) is 28.1 Å². The van der Waals surface area contributed by atoms with Gasteiger partial charge < -0.3 is 9.74 Å². The molecule has 1 aromatic carbocycles. The van der Waals surface area contributed by atoms with E-state index in [0.717, 1.165) is 0 Å². The van der Waals surface area contributed by atoms with E-state index in [9.17, 15) is 4.79 Å². The summed E-state index contributed by atoms with van der Waals surface area (Å²) in [5.41, 5.74) is 0. The third-order valence-electron chi connectivity index (χ3n) is 7.17. The summed E-state index contributed by atoms with van der Waals surface area (Å²) in [4.78, 5) is 12.7. The molecule has 3 atom stereocenters. The first-order valence-electron chi connectivity index (χ1n) is 9.29. The standard InChI is InChI=1S/C20H35NO2Si2/c1-15-17(22)21-18(23-25(8,9)19(2,3)4)20(15,5)24(6,7)16-13-11-10-12-14-16/h10-15,18H,1-9H3,(H,21,22)/t15-,18+,20-/m0/s1. The molecule has 1 heterocycles. The molecule has 1 fully saturated rings. The van der Waals surface area contributed by atoms with Crippen molar-refractivity contribution in [2.45, 2.75) is 77.1 Å². The van der Waals surface area contributed by atoms with Crippen LogP contribution in [0.3, 0.4) is 0 Å². The minimum absolute atomic E-state index is 0.0517. The van der Waals surface area contributed by atoms with E-state index in [1.165, 1.54) is 5.19 Å². The molecule has 0 saturated carbocycles. The minimum atomic E-state index is -1.99. The molecule has 1 aliphatic rings. The predicted molar refractivity (Wildman–Crippen MR) is 111 cm³/mol. The van der Waals surface area contributed by atoms with E-state index in [1.54, 1.807) is 0 Å². The highest BCUT2D eigenvalue weighted by Crippen LogP contribution is 2.53. The number of amides is 1. The molecule has 0 aromatic heterocycles. The van der Waals surface area contributed by atoms with Crippen LogP contribution >= 0.6 is 0 Å². The Balaban J connectivity index is 2.49. The molecule has 1 aliphatic heterocycles. The lowest BCUT2D eigenvalue weighted by Crippen LogP contribution is -2.60. The quantitative estimate of drug-likeness (QED) is 0.786. The van der Waals surface area contributed by atoms with E-state index in [2.05, 4.69) is 96.5 Å². The van der Waals surface area contributed by atoms with E-state index in [0.29, 0.717) is 0 Å². The van der Waals surface area contributed by atoms with E-state index in [4.69, 9.17) is 4.43 Å². The molecule has 0 unspecified atom stereocenters. The van der Waals surface area contributed by atoms with Crippen LogP contribution in [0, 0.1) is 5.92 Å². The minimum Gasteiger partial charge on any atom is -0.397 e. The molecule has 0 aliphatic carbocycles. The highest BCUT2D eigenvalue weighted by molar-refractivity contribution is 6.92. The average Bonchev–Trinajstić information content (AvgIpc) is 2.72. The van der Waals surface area contributed by atoms with Gasteiger partial charge in [0.05, 0.1) is 8.07 Å².